The van der Waals surface area contributed by atoms with Crippen LogP contribution in [0.25, 0.3) is 5.65 Å². The number of aromatic nitrogens is 3. The predicted molar refractivity (Wildman–Crippen MR) is 114 cm³/mol. The van der Waals surface area contributed by atoms with Gasteiger partial charge in [-0.1, -0.05) is 11.6 Å². The Balaban J connectivity index is 1.80. The SMILES string of the molecule is Cc1nc2c(OCc3ncccc3F)cc(Cl)cn2c1C(=O)NCC(C)(N)CCC(F)(F)F. The van der Waals surface area contributed by atoms with Crippen LogP contribution in [0.1, 0.15) is 41.6 Å². The molecule has 3 rings (SSSR count). The van der Waals surface area contributed by atoms with Gasteiger partial charge in [0.25, 0.3) is 5.91 Å². The first-order chi connectivity index (χ1) is 15.4. The molecular weight excluding hydrogens is 466 g/mol. The summed E-state index contributed by atoms with van der Waals surface area (Å²) in [5, 5.41) is 2.78. The zero-order valence-corrected chi connectivity index (χ0v) is 18.6. The van der Waals surface area contributed by atoms with E-state index >= 15 is 0 Å². The number of nitrogens with zero attached hydrogens (tertiary/aromatic N) is 3. The number of pyridine rings is 2. The maximum atomic E-state index is 13.8. The summed E-state index contributed by atoms with van der Waals surface area (Å²) >= 11 is 6.18. The molecule has 1 atom stereocenters. The van der Waals surface area contributed by atoms with Crippen LogP contribution < -0.4 is 15.8 Å². The van der Waals surface area contributed by atoms with E-state index in [0.717, 1.165) is 0 Å². The van der Waals surface area contributed by atoms with Gasteiger partial charge in [-0.3, -0.25) is 14.2 Å². The maximum absolute atomic E-state index is 13.8. The van der Waals surface area contributed by atoms with Gasteiger partial charge in [0, 0.05) is 37.0 Å². The van der Waals surface area contributed by atoms with Crippen LogP contribution in [0.15, 0.2) is 30.6 Å². The van der Waals surface area contributed by atoms with Crippen molar-refractivity contribution in [1.82, 2.24) is 19.7 Å². The maximum Gasteiger partial charge on any atom is 0.389 e. The highest BCUT2D eigenvalue weighted by Crippen LogP contribution is 2.28. The quantitative estimate of drug-likeness (QED) is 0.464. The lowest BCUT2D eigenvalue weighted by molar-refractivity contribution is -0.137. The van der Waals surface area contributed by atoms with Gasteiger partial charge in [-0.15, -0.1) is 0 Å². The highest BCUT2D eigenvalue weighted by molar-refractivity contribution is 6.30. The minimum atomic E-state index is -4.34. The number of hydrogen-bond acceptors (Lipinski definition) is 5. The number of aryl methyl sites for hydroxylation is 1. The summed E-state index contributed by atoms with van der Waals surface area (Å²) in [6, 6.07) is 4.18. The molecule has 0 aliphatic heterocycles. The Hall–Kier alpha value is -2.92. The molecule has 0 spiro atoms. The average molecular weight is 488 g/mol. The Morgan fingerprint density at radius 2 is 2.06 bits per heavy atom. The van der Waals surface area contributed by atoms with Gasteiger partial charge < -0.3 is 15.8 Å². The van der Waals surface area contributed by atoms with E-state index in [9.17, 15) is 22.4 Å². The smallest absolute Gasteiger partial charge is 0.389 e. The minimum Gasteiger partial charge on any atom is -0.483 e. The van der Waals surface area contributed by atoms with Crippen molar-refractivity contribution in [3.63, 3.8) is 0 Å². The number of imidazole rings is 1. The first kappa shape index (κ1) is 24.7. The molecule has 1 unspecified atom stereocenters. The Kier molecular flexibility index (Phi) is 7.13. The van der Waals surface area contributed by atoms with Gasteiger partial charge in [-0.05, 0) is 32.4 Å². The molecule has 0 saturated heterocycles. The van der Waals surface area contributed by atoms with E-state index in [-0.39, 0.29) is 47.4 Å². The Morgan fingerprint density at radius 1 is 1.33 bits per heavy atom. The monoisotopic (exact) mass is 487 g/mol. The highest BCUT2D eigenvalue weighted by Gasteiger charge is 2.32. The van der Waals surface area contributed by atoms with Crippen molar-refractivity contribution >= 4 is 23.2 Å². The first-order valence-corrected chi connectivity index (χ1v) is 10.3. The van der Waals surface area contributed by atoms with Gasteiger partial charge in [0.1, 0.15) is 23.8 Å². The average Bonchev–Trinajstić information content (AvgIpc) is 3.05. The van der Waals surface area contributed by atoms with Crippen molar-refractivity contribution in [3.8, 4) is 5.75 Å². The van der Waals surface area contributed by atoms with Crippen LogP contribution >= 0.6 is 11.6 Å². The Labute approximate surface area is 191 Å². The minimum absolute atomic E-state index is 0.0814. The molecule has 3 N–H and O–H groups in total. The van der Waals surface area contributed by atoms with E-state index in [1.54, 1.807) is 6.92 Å². The summed E-state index contributed by atoms with van der Waals surface area (Å²) in [6.07, 6.45) is -2.87. The van der Waals surface area contributed by atoms with E-state index in [1.807, 2.05) is 0 Å². The lowest BCUT2D eigenvalue weighted by Gasteiger charge is -2.25. The van der Waals surface area contributed by atoms with E-state index in [0.29, 0.717) is 5.69 Å². The molecule has 12 heteroatoms. The number of ether oxygens (including phenoxy) is 1. The second kappa shape index (κ2) is 9.52. The lowest BCUT2D eigenvalue weighted by Crippen LogP contribution is -2.48. The summed E-state index contributed by atoms with van der Waals surface area (Å²) in [4.78, 5) is 21.1. The number of hydrogen-bond donors (Lipinski definition) is 2. The summed E-state index contributed by atoms with van der Waals surface area (Å²) in [7, 11) is 0. The van der Waals surface area contributed by atoms with Crippen LogP contribution in [0.3, 0.4) is 0 Å². The second-order valence-electron chi connectivity index (χ2n) is 7.93. The molecule has 3 aromatic heterocycles. The predicted octanol–water partition coefficient (Wildman–Crippen LogP) is 4.20. The highest BCUT2D eigenvalue weighted by atomic mass is 35.5. The van der Waals surface area contributed by atoms with Gasteiger partial charge in [-0.25, -0.2) is 9.37 Å². The molecule has 0 aliphatic rings. The van der Waals surface area contributed by atoms with Crippen LogP contribution in [0.4, 0.5) is 17.6 Å². The fourth-order valence-electron chi connectivity index (χ4n) is 3.13. The van der Waals surface area contributed by atoms with Crippen molar-refractivity contribution in [2.75, 3.05) is 6.54 Å². The molecule has 1 amide bonds. The van der Waals surface area contributed by atoms with Crippen LogP contribution in [-0.2, 0) is 6.61 Å². The Bertz CT molecular complexity index is 1160. The van der Waals surface area contributed by atoms with Gasteiger partial charge in [-0.2, -0.15) is 13.2 Å². The molecule has 0 aromatic carbocycles. The summed E-state index contributed by atoms with van der Waals surface area (Å²) in [6.45, 7) is 2.64. The third-order valence-electron chi connectivity index (χ3n) is 4.87. The fraction of sp³-hybridized carbons (Fsp3) is 0.381. The summed E-state index contributed by atoms with van der Waals surface area (Å²) in [5.74, 6) is -0.929. The number of nitrogens with two attached hydrogens (primary N) is 1. The molecule has 0 saturated carbocycles. The van der Waals surface area contributed by atoms with E-state index < -0.39 is 29.9 Å². The standard InChI is InChI=1S/C21H22ClF4N5O2/c1-12-17(19(32)29-11-20(2,27)5-6-21(24,25)26)31-9-13(22)8-16(18(31)30-12)33-10-15-14(23)4-3-7-28-15/h3-4,7-9H,5-6,10-11,27H2,1-2H3,(H,29,32). The third-order valence-corrected chi connectivity index (χ3v) is 5.08. The van der Waals surface area contributed by atoms with E-state index in [2.05, 4.69) is 15.3 Å². The molecule has 0 fully saturated rings. The summed E-state index contributed by atoms with van der Waals surface area (Å²) in [5.41, 5.74) is 5.44. The number of carbonyl (C=O) groups is 1. The van der Waals surface area contributed by atoms with E-state index in [4.69, 9.17) is 22.1 Å². The van der Waals surface area contributed by atoms with Crippen molar-refractivity contribution in [3.05, 3.63) is 58.5 Å². The van der Waals surface area contributed by atoms with Crippen LogP contribution in [0, 0.1) is 12.7 Å². The summed E-state index contributed by atoms with van der Waals surface area (Å²) < 4.78 is 58.4. The van der Waals surface area contributed by atoms with Gasteiger partial charge in [0.15, 0.2) is 11.4 Å². The molecule has 0 aliphatic carbocycles. The Morgan fingerprint density at radius 3 is 2.73 bits per heavy atom. The number of amides is 1. The molecule has 178 valence electrons. The molecule has 7 nitrogen and oxygen atoms in total. The number of nitrogens with one attached hydrogen (secondary N) is 1. The van der Waals surface area contributed by atoms with Gasteiger partial charge in [0.2, 0.25) is 0 Å². The molecular formula is C21H22ClF4N5O2. The molecule has 3 heterocycles. The van der Waals surface area contributed by atoms with Crippen molar-refractivity contribution in [2.24, 2.45) is 5.73 Å². The second-order valence-corrected chi connectivity index (χ2v) is 8.37. The normalized spacial score (nSPS) is 13.7. The first-order valence-electron chi connectivity index (χ1n) is 9.90. The molecule has 3 aromatic rings. The molecule has 0 radical (unpaired) electrons. The number of alkyl halides is 3. The van der Waals surface area contributed by atoms with E-state index in [1.165, 1.54) is 41.9 Å². The van der Waals surface area contributed by atoms with Gasteiger partial charge >= 0.3 is 6.18 Å². The van der Waals surface area contributed by atoms with Crippen LogP contribution in [0.2, 0.25) is 5.02 Å². The topological polar surface area (TPSA) is 94.5 Å². The van der Waals surface area contributed by atoms with Crippen molar-refractivity contribution in [2.45, 2.75) is 45.0 Å². The number of rotatable bonds is 8. The zero-order chi connectivity index (χ0) is 24.4. The largest absolute Gasteiger partial charge is 0.483 e. The van der Waals surface area contributed by atoms with Crippen LogP contribution in [0.5, 0.6) is 5.75 Å². The molecule has 0 bridgehead atoms. The molecule has 33 heavy (non-hydrogen) atoms. The fourth-order valence-corrected chi connectivity index (χ4v) is 3.32. The van der Waals surface area contributed by atoms with Crippen LogP contribution in [-0.4, -0.2) is 38.5 Å². The van der Waals surface area contributed by atoms with Gasteiger partial charge in [0.05, 0.1) is 10.7 Å². The lowest BCUT2D eigenvalue weighted by atomic mass is 9.97. The number of fused-ring (bicyclic) bond motifs is 1. The van der Waals surface area contributed by atoms with Crippen molar-refractivity contribution in [1.29, 1.82) is 0 Å². The third kappa shape index (κ3) is 6.32. The number of halogens is 5. The number of carbonyl (C=O) groups excluding carboxylic acids is 1. The van der Waals surface area contributed by atoms with Crippen molar-refractivity contribution < 1.29 is 27.1 Å². The zero-order valence-electron chi connectivity index (χ0n) is 17.8.